The van der Waals surface area contributed by atoms with Crippen molar-refractivity contribution in [2.45, 2.75) is 13.8 Å². The van der Waals surface area contributed by atoms with Crippen LogP contribution in [0.25, 0.3) is 11.1 Å². The normalized spacial score (nSPS) is 11.4. The first-order valence-corrected chi connectivity index (χ1v) is 7.10. The summed E-state index contributed by atoms with van der Waals surface area (Å²) in [5.74, 6) is -1.93. The number of halogens is 1. The zero-order chi connectivity index (χ0) is 17.9. The van der Waals surface area contributed by atoms with Crippen LogP contribution < -0.4 is 0 Å². The second-order valence-electron chi connectivity index (χ2n) is 5.25. The Morgan fingerprint density at radius 2 is 1.54 bits per heavy atom. The van der Waals surface area contributed by atoms with Crippen molar-refractivity contribution in [3.63, 3.8) is 0 Å². The quantitative estimate of drug-likeness (QED) is 0.683. The Balaban J connectivity index is 2.58. The molecule has 0 aliphatic heterocycles. The predicted molar refractivity (Wildman–Crippen MR) is 87.7 cm³/mol. The van der Waals surface area contributed by atoms with Crippen molar-refractivity contribution < 1.29 is 19.1 Å². The Morgan fingerprint density at radius 3 is 2.00 bits per heavy atom. The molecule has 0 radical (unpaired) electrons. The number of hydrogen-bond donors (Lipinski definition) is 1. The average molecular weight is 323 g/mol. The van der Waals surface area contributed by atoms with Crippen LogP contribution in [-0.4, -0.2) is 16.9 Å². The lowest BCUT2D eigenvalue weighted by Gasteiger charge is -2.11. The third kappa shape index (κ3) is 3.39. The van der Waals surface area contributed by atoms with Gasteiger partial charge in [0.25, 0.3) is 0 Å². The number of Topliss-reactive ketones (excluding diaryl/α,β-unsaturated/α-hetero) is 1. The fourth-order valence-corrected chi connectivity index (χ4v) is 2.45. The molecule has 0 amide bonds. The monoisotopic (exact) mass is 323 g/mol. The average Bonchev–Trinajstić information content (AvgIpc) is 2.55. The van der Waals surface area contributed by atoms with E-state index >= 15 is 0 Å². The van der Waals surface area contributed by atoms with Crippen LogP contribution in [0.2, 0.25) is 0 Å². The Kier molecular flexibility index (Phi) is 4.90. The summed E-state index contributed by atoms with van der Waals surface area (Å²) in [5, 5.41) is 17.7. The molecule has 4 nitrogen and oxygen atoms in total. The van der Waals surface area contributed by atoms with Gasteiger partial charge in [0.05, 0.1) is 11.1 Å². The van der Waals surface area contributed by atoms with Crippen LogP contribution in [0.5, 0.6) is 0 Å². The molecule has 2 rings (SSSR count). The summed E-state index contributed by atoms with van der Waals surface area (Å²) in [6.45, 7) is 3.08. The molecule has 0 aliphatic carbocycles. The number of carboxylic acids is 1. The third-order valence-electron chi connectivity index (χ3n) is 3.67. The van der Waals surface area contributed by atoms with Gasteiger partial charge < -0.3 is 5.11 Å². The summed E-state index contributed by atoms with van der Waals surface area (Å²) in [6.07, 6.45) is 0. The maximum atomic E-state index is 13.8. The molecule has 0 atom stereocenters. The molecule has 0 saturated carbocycles. The zero-order valence-electron chi connectivity index (χ0n) is 13.1. The fraction of sp³-hybridized carbons (Fsp3) is 0.105. The number of ketones is 1. The maximum Gasteiger partial charge on any atom is 0.335 e. The van der Waals surface area contributed by atoms with E-state index < -0.39 is 11.8 Å². The van der Waals surface area contributed by atoms with Crippen LogP contribution in [0, 0.1) is 17.1 Å². The van der Waals surface area contributed by atoms with Gasteiger partial charge >= 0.3 is 5.97 Å². The molecule has 0 saturated heterocycles. The minimum absolute atomic E-state index is 0.0678. The summed E-state index contributed by atoms with van der Waals surface area (Å²) in [6, 6.07) is 11.8. The molecule has 0 fully saturated rings. The van der Waals surface area contributed by atoms with Crippen molar-refractivity contribution in [3.8, 4) is 6.07 Å². The molecule has 120 valence electrons. The van der Waals surface area contributed by atoms with E-state index in [2.05, 4.69) is 0 Å². The molecule has 2 aromatic rings. The lowest BCUT2D eigenvalue weighted by atomic mass is 9.92. The second-order valence-corrected chi connectivity index (χ2v) is 5.25. The fourth-order valence-electron chi connectivity index (χ4n) is 2.45. The molecule has 5 heteroatoms. The van der Waals surface area contributed by atoms with Gasteiger partial charge in [-0.05, 0) is 54.8 Å². The zero-order valence-corrected chi connectivity index (χ0v) is 13.1. The number of carbonyl (C=O) groups excluding carboxylic acids is 1. The van der Waals surface area contributed by atoms with E-state index in [9.17, 15) is 14.0 Å². The van der Waals surface area contributed by atoms with Crippen LogP contribution in [-0.2, 0) is 4.79 Å². The van der Waals surface area contributed by atoms with E-state index in [0.717, 1.165) is 0 Å². The molecule has 0 spiro atoms. The van der Waals surface area contributed by atoms with Crippen molar-refractivity contribution in [2.75, 3.05) is 0 Å². The van der Waals surface area contributed by atoms with Crippen molar-refractivity contribution in [2.24, 2.45) is 0 Å². The van der Waals surface area contributed by atoms with Crippen LogP contribution in [0.15, 0.2) is 42.5 Å². The number of aromatic carboxylic acids is 1. The van der Waals surface area contributed by atoms with Gasteiger partial charge in [-0.2, -0.15) is 5.26 Å². The van der Waals surface area contributed by atoms with Crippen LogP contribution >= 0.6 is 0 Å². The van der Waals surface area contributed by atoms with E-state index in [-0.39, 0.29) is 16.9 Å². The van der Waals surface area contributed by atoms with E-state index in [1.807, 2.05) is 0 Å². The highest BCUT2D eigenvalue weighted by molar-refractivity contribution is 6.26. The van der Waals surface area contributed by atoms with Gasteiger partial charge in [0.1, 0.15) is 11.9 Å². The van der Waals surface area contributed by atoms with Gasteiger partial charge in [-0.15, -0.1) is 0 Å². The first kappa shape index (κ1) is 17.1. The Hall–Kier alpha value is -3.26. The molecule has 24 heavy (non-hydrogen) atoms. The number of nitrogens with zero attached hydrogens (tertiary/aromatic N) is 1. The molecule has 0 unspecified atom stereocenters. The van der Waals surface area contributed by atoms with Crippen molar-refractivity contribution >= 4 is 22.9 Å². The van der Waals surface area contributed by atoms with Gasteiger partial charge in [-0.1, -0.05) is 18.2 Å². The number of benzene rings is 2. The summed E-state index contributed by atoms with van der Waals surface area (Å²) < 4.78 is 13.8. The highest BCUT2D eigenvalue weighted by Gasteiger charge is 2.15. The summed E-state index contributed by atoms with van der Waals surface area (Å²) in [7, 11) is 0. The van der Waals surface area contributed by atoms with Gasteiger partial charge in [-0.25, -0.2) is 9.18 Å². The largest absolute Gasteiger partial charge is 0.478 e. The number of allylic oxidation sites excluding steroid dienone is 2. The van der Waals surface area contributed by atoms with Crippen molar-refractivity contribution in [3.05, 3.63) is 70.5 Å². The predicted octanol–water partition coefficient (Wildman–Crippen LogP) is 3.92. The Morgan fingerprint density at radius 1 is 1.00 bits per heavy atom. The first-order chi connectivity index (χ1) is 11.3. The first-order valence-electron chi connectivity index (χ1n) is 7.10. The number of carbonyl (C=O) groups is 2. The number of hydrogen-bond acceptors (Lipinski definition) is 3. The molecule has 0 aliphatic rings. The van der Waals surface area contributed by atoms with Crippen LogP contribution in [0.3, 0.4) is 0 Å². The Labute approximate surface area is 138 Å². The molecular formula is C19H14FNO3. The standard InChI is InChI=1S/C19H14FNO3/c1-11(15-7-8-16(10-21)17(20)9-15)18(12(2)22)13-3-5-14(6-4-13)19(23)24/h3-9H,1-2H3,(H,23,24). The highest BCUT2D eigenvalue weighted by atomic mass is 19.1. The number of nitriles is 1. The van der Waals surface area contributed by atoms with E-state index in [1.165, 1.54) is 31.2 Å². The van der Waals surface area contributed by atoms with E-state index in [0.29, 0.717) is 22.3 Å². The van der Waals surface area contributed by atoms with Gasteiger partial charge in [0.15, 0.2) is 5.78 Å². The molecule has 1 N–H and O–H groups in total. The summed E-state index contributed by atoms with van der Waals surface area (Å²) in [5.41, 5.74) is 2.00. The topological polar surface area (TPSA) is 78.2 Å². The van der Waals surface area contributed by atoms with Crippen molar-refractivity contribution in [1.29, 1.82) is 5.26 Å². The maximum absolute atomic E-state index is 13.8. The van der Waals surface area contributed by atoms with E-state index in [1.54, 1.807) is 31.2 Å². The minimum atomic E-state index is -1.05. The molecular weight excluding hydrogens is 309 g/mol. The van der Waals surface area contributed by atoms with Crippen LogP contribution in [0.1, 0.15) is 40.9 Å². The van der Waals surface area contributed by atoms with Crippen LogP contribution in [0.4, 0.5) is 4.39 Å². The van der Waals surface area contributed by atoms with Crippen molar-refractivity contribution in [1.82, 2.24) is 0 Å². The third-order valence-corrected chi connectivity index (χ3v) is 3.67. The van der Waals surface area contributed by atoms with E-state index in [4.69, 9.17) is 10.4 Å². The lowest BCUT2D eigenvalue weighted by molar-refractivity contribution is -0.111. The smallest absolute Gasteiger partial charge is 0.335 e. The Bertz CT molecular complexity index is 890. The molecule has 2 aromatic carbocycles. The van der Waals surface area contributed by atoms with Gasteiger partial charge in [0.2, 0.25) is 0 Å². The lowest BCUT2D eigenvalue weighted by Crippen LogP contribution is -2.02. The van der Waals surface area contributed by atoms with Gasteiger partial charge in [0, 0.05) is 5.57 Å². The summed E-state index contributed by atoms with van der Waals surface area (Å²) >= 11 is 0. The molecule has 0 aromatic heterocycles. The minimum Gasteiger partial charge on any atom is -0.478 e. The highest BCUT2D eigenvalue weighted by Crippen LogP contribution is 2.28. The van der Waals surface area contributed by atoms with Gasteiger partial charge in [-0.3, -0.25) is 4.79 Å². The molecule has 0 bridgehead atoms. The summed E-state index contributed by atoms with van der Waals surface area (Å²) in [4.78, 5) is 23.0. The number of rotatable bonds is 4. The molecule has 0 heterocycles. The number of carboxylic acid groups (broad SMARTS) is 1. The SMILES string of the molecule is CC(=O)C(=C(C)c1ccc(C#N)c(F)c1)c1ccc(C(=O)O)cc1. The second kappa shape index (κ2) is 6.88.